The van der Waals surface area contributed by atoms with Crippen LogP contribution in [0.1, 0.15) is 0 Å². The lowest BCUT2D eigenvalue weighted by atomic mass is 10.4. The normalized spacial score (nSPS) is 10.2. The number of thioether (sulfide) groups is 1. The van der Waals surface area contributed by atoms with E-state index in [0.29, 0.717) is 6.54 Å². The van der Waals surface area contributed by atoms with E-state index in [1.807, 2.05) is 7.05 Å². The highest BCUT2D eigenvalue weighted by Gasteiger charge is 2.00. The van der Waals surface area contributed by atoms with Gasteiger partial charge in [-0.2, -0.15) is 5.10 Å². The van der Waals surface area contributed by atoms with Gasteiger partial charge >= 0.3 is 0 Å². The number of hydrogen-bond acceptors (Lipinski definition) is 4. The third-order valence-corrected chi connectivity index (χ3v) is 2.54. The van der Waals surface area contributed by atoms with Gasteiger partial charge in [-0.1, -0.05) is 23.9 Å². The molecule has 0 aliphatic carbocycles. The predicted molar refractivity (Wildman–Crippen MR) is 49.9 cm³/mol. The number of aromatic nitrogens is 3. The van der Waals surface area contributed by atoms with Crippen LogP contribution in [0.4, 0.5) is 0 Å². The number of nitrogens with two attached hydrogens (primary N) is 1. The van der Waals surface area contributed by atoms with E-state index < -0.39 is 0 Å². The zero-order valence-corrected chi connectivity index (χ0v) is 7.84. The van der Waals surface area contributed by atoms with E-state index in [1.165, 1.54) is 6.33 Å². The standard InChI is InChI=1S/C7H12N4S/c1-6(3-8)4-12-7-9-5-10-11(7)2/h5H,1,3-4,8H2,2H3. The molecule has 66 valence electrons. The molecule has 4 nitrogen and oxygen atoms in total. The molecule has 0 radical (unpaired) electrons. The van der Waals surface area contributed by atoms with E-state index in [1.54, 1.807) is 16.4 Å². The lowest BCUT2D eigenvalue weighted by molar-refractivity contribution is 0.685. The van der Waals surface area contributed by atoms with E-state index in [4.69, 9.17) is 5.73 Å². The molecule has 0 saturated carbocycles. The fraction of sp³-hybridized carbons (Fsp3) is 0.429. The van der Waals surface area contributed by atoms with Gasteiger partial charge in [0.25, 0.3) is 0 Å². The first-order valence-corrected chi connectivity index (χ1v) is 4.56. The average Bonchev–Trinajstić information content (AvgIpc) is 2.47. The van der Waals surface area contributed by atoms with Crippen LogP contribution in [0.15, 0.2) is 23.6 Å². The Bertz CT molecular complexity index is 268. The molecule has 5 heteroatoms. The Labute approximate surface area is 75.9 Å². The summed E-state index contributed by atoms with van der Waals surface area (Å²) in [4.78, 5) is 4.05. The van der Waals surface area contributed by atoms with Crippen LogP contribution in [0.2, 0.25) is 0 Å². The Morgan fingerprint density at radius 2 is 2.58 bits per heavy atom. The molecule has 0 saturated heterocycles. The van der Waals surface area contributed by atoms with Gasteiger partial charge in [-0.05, 0) is 0 Å². The fourth-order valence-electron chi connectivity index (χ4n) is 0.642. The lowest BCUT2D eigenvalue weighted by Gasteiger charge is -2.00. The van der Waals surface area contributed by atoms with Crippen molar-refractivity contribution in [3.63, 3.8) is 0 Å². The Morgan fingerprint density at radius 3 is 3.08 bits per heavy atom. The van der Waals surface area contributed by atoms with E-state index in [-0.39, 0.29) is 0 Å². The topological polar surface area (TPSA) is 56.7 Å². The van der Waals surface area contributed by atoms with E-state index in [9.17, 15) is 0 Å². The number of hydrogen-bond donors (Lipinski definition) is 1. The first-order valence-electron chi connectivity index (χ1n) is 3.57. The molecule has 1 aromatic rings. The highest BCUT2D eigenvalue weighted by molar-refractivity contribution is 7.99. The third-order valence-electron chi connectivity index (χ3n) is 1.36. The second kappa shape index (κ2) is 4.27. The lowest BCUT2D eigenvalue weighted by Crippen LogP contribution is -2.04. The van der Waals surface area contributed by atoms with Gasteiger partial charge in [0.2, 0.25) is 0 Å². The summed E-state index contributed by atoms with van der Waals surface area (Å²) in [6, 6.07) is 0. The molecule has 0 atom stereocenters. The monoisotopic (exact) mass is 184 g/mol. The molecule has 0 aliphatic heterocycles. The van der Waals surface area contributed by atoms with Crippen molar-refractivity contribution in [2.45, 2.75) is 5.16 Å². The minimum Gasteiger partial charge on any atom is -0.327 e. The molecule has 1 rings (SSSR count). The van der Waals surface area contributed by atoms with Crippen molar-refractivity contribution in [1.29, 1.82) is 0 Å². The van der Waals surface area contributed by atoms with Crippen LogP contribution in [-0.4, -0.2) is 27.1 Å². The maximum Gasteiger partial charge on any atom is 0.186 e. The van der Waals surface area contributed by atoms with Crippen molar-refractivity contribution in [3.05, 3.63) is 18.5 Å². The largest absolute Gasteiger partial charge is 0.327 e. The molecule has 12 heavy (non-hydrogen) atoms. The van der Waals surface area contributed by atoms with Gasteiger partial charge in [-0.3, -0.25) is 0 Å². The van der Waals surface area contributed by atoms with Gasteiger partial charge in [0, 0.05) is 19.3 Å². The van der Waals surface area contributed by atoms with Crippen molar-refractivity contribution in [2.75, 3.05) is 12.3 Å². The molecule has 0 fully saturated rings. The minimum absolute atomic E-state index is 0.533. The van der Waals surface area contributed by atoms with Crippen LogP contribution in [0.3, 0.4) is 0 Å². The maximum absolute atomic E-state index is 5.39. The molecule has 0 unspecified atom stereocenters. The van der Waals surface area contributed by atoms with Crippen LogP contribution < -0.4 is 5.73 Å². The van der Waals surface area contributed by atoms with Crippen LogP contribution in [0.5, 0.6) is 0 Å². The molecule has 0 bridgehead atoms. The molecule has 1 heterocycles. The highest BCUT2D eigenvalue weighted by atomic mass is 32.2. The van der Waals surface area contributed by atoms with Crippen molar-refractivity contribution < 1.29 is 0 Å². The second-order valence-electron chi connectivity index (χ2n) is 2.41. The van der Waals surface area contributed by atoms with E-state index >= 15 is 0 Å². The number of aryl methyl sites for hydroxylation is 1. The maximum atomic E-state index is 5.39. The minimum atomic E-state index is 0.533. The van der Waals surface area contributed by atoms with Crippen LogP contribution >= 0.6 is 11.8 Å². The molecular weight excluding hydrogens is 172 g/mol. The zero-order chi connectivity index (χ0) is 8.97. The van der Waals surface area contributed by atoms with Crippen LogP contribution in [0, 0.1) is 0 Å². The van der Waals surface area contributed by atoms with Gasteiger partial charge < -0.3 is 5.73 Å². The average molecular weight is 184 g/mol. The first-order chi connectivity index (χ1) is 5.74. The third kappa shape index (κ3) is 2.35. The Kier molecular flexibility index (Phi) is 3.31. The number of nitrogens with zero attached hydrogens (tertiary/aromatic N) is 3. The van der Waals surface area contributed by atoms with Crippen molar-refractivity contribution in [3.8, 4) is 0 Å². The fourth-order valence-corrected chi connectivity index (χ4v) is 1.45. The molecule has 0 aliphatic rings. The molecule has 0 spiro atoms. The molecular formula is C7H12N4S. The summed E-state index contributed by atoms with van der Waals surface area (Å²) < 4.78 is 1.73. The summed E-state index contributed by atoms with van der Waals surface area (Å²) >= 11 is 1.60. The predicted octanol–water partition coefficient (Wildman–Crippen LogP) is 0.422. The number of rotatable bonds is 4. The highest BCUT2D eigenvalue weighted by Crippen LogP contribution is 2.15. The molecule has 0 aromatic carbocycles. The van der Waals surface area contributed by atoms with Crippen molar-refractivity contribution >= 4 is 11.8 Å². The summed E-state index contributed by atoms with van der Waals surface area (Å²) in [7, 11) is 1.86. The summed E-state index contributed by atoms with van der Waals surface area (Å²) in [5, 5.41) is 4.84. The molecule has 0 amide bonds. The first kappa shape index (κ1) is 9.28. The molecule has 1 aromatic heterocycles. The van der Waals surface area contributed by atoms with Gasteiger partial charge in [-0.25, -0.2) is 9.67 Å². The summed E-state index contributed by atoms with van der Waals surface area (Å²) in [5.41, 5.74) is 6.41. The second-order valence-corrected chi connectivity index (χ2v) is 3.35. The van der Waals surface area contributed by atoms with Gasteiger partial charge in [-0.15, -0.1) is 0 Å². The van der Waals surface area contributed by atoms with E-state index in [2.05, 4.69) is 16.7 Å². The Balaban J connectivity index is 2.43. The smallest absolute Gasteiger partial charge is 0.186 e. The summed E-state index contributed by atoms with van der Waals surface area (Å²) in [5.74, 6) is 0.809. The van der Waals surface area contributed by atoms with Crippen molar-refractivity contribution in [1.82, 2.24) is 14.8 Å². The molecule has 2 N–H and O–H groups in total. The summed E-state index contributed by atoms with van der Waals surface area (Å²) in [6.45, 7) is 4.33. The quantitative estimate of drug-likeness (QED) is 0.544. The zero-order valence-electron chi connectivity index (χ0n) is 7.03. The van der Waals surface area contributed by atoms with Crippen molar-refractivity contribution in [2.24, 2.45) is 12.8 Å². The van der Waals surface area contributed by atoms with Gasteiger partial charge in [0.15, 0.2) is 5.16 Å². The van der Waals surface area contributed by atoms with E-state index in [0.717, 1.165) is 16.5 Å². The van der Waals surface area contributed by atoms with Gasteiger partial charge in [0.05, 0.1) is 0 Å². The van der Waals surface area contributed by atoms with Gasteiger partial charge in [0.1, 0.15) is 6.33 Å². The van der Waals surface area contributed by atoms with Crippen LogP contribution in [0.25, 0.3) is 0 Å². The Hall–Kier alpha value is -0.810. The Morgan fingerprint density at radius 1 is 1.83 bits per heavy atom. The SMILES string of the molecule is C=C(CN)CSc1ncnn1C. The summed E-state index contributed by atoms with van der Waals surface area (Å²) in [6.07, 6.45) is 1.54. The van der Waals surface area contributed by atoms with Crippen LogP contribution in [-0.2, 0) is 7.05 Å².